The maximum atomic E-state index is 9.87. The molecule has 14 heteroatoms. The number of halogens is 6. The molecule has 0 N–H and O–H groups in total. The van der Waals surface area contributed by atoms with E-state index in [-0.39, 0.29) is 34.1 Å². The molecule has 0 amide bonds. The first-order valence-electron chi connectivity index (χ1n) is 5.57. The third-order valence-electron chi connectivity index (χ3n) is 1.11. The zero-order chi connectivity index (χ0) is 23.5. The van der Waals surface area contributed by atoms with Crippen LogP contribution in [0.1, 0.15) is 0 Å². The molecular formula is C15H13F6Fe2O4PSe. The van der Waals surface area contributed by atoms with Gasteiger partial charge in [-0.05, 0) is 64.2 Å². The van der Waals surface area contributed by atoms with Crippen LogP contribution in [0.5, 0.6) is 0 Å². The van der Waals surface area contributed by atoms with E-state index in [2.05, 4.69) is 42.6 Å². The topological polar surface area (TPSA) is 79.6 Å². The zero-order valence-electron chi connectivity index (χ0n) is 14.2. The monoisotopic (exact) mass is 594 g/mol. The van der Waals surface area contributed by atoms with Gasteiger partial charge in [0.1, 0.15) is 0 Å². The first-order chi connectivity index (χ1) is 12.4. The van der Waals surface area contributed by atoms with Crippen molar-refractivity contribution in [3.63, 3.8) is 0 Å². The van der Waals surface area contributed by atoms with Crippen LogP contribution < -0.4 is 0 Å². The van der Waals surface area contributed by atoms with Gasteiger partial charge < -0.3 is 0 Å². The van der Waals surface area contributed by atoms with E-state index < -0.39 is 7.81 Å². The van der Waals surface area contributed by atoms with Gasteiger partial charge in [-0.25, -0.2) is 0 Å². The van der Waals surface area contributed by atoms with Gasteiger partial charge in [-0.2, -0.15) is 0 Å². The molecule has 0 bridgehead atoms. The average molecular weight is 593 g/mol. The van der Waals surface area contributed by atoms with Crippen LogP contribution >= 0.6 is 7.81 Å². The molecule has 0 aliphatic heterocycles. The standard InChI is InChI=1S/2C5H5.4CO.CH3Se.F6P.2Fe/c2*1-2-4-5-3-1;5*1-2;1-7(2,3,4,5)6;;/h2*1-5H;;;;;1H3;;;/q;;;;;;+1;-1;;. The fourth-order valence-corrected chi connectivity index (χ4v) is 0.642. The van der Waals surface area contributed by atoms with Gasteiger partial charge in [0.15, 0.2) is 0 Å². The molecule has 0 unspecified atom stereocenters. The van der Waals surface area contributed by atoms with Gasteiger partial charge in [0.05, 0.1) is 0 Å². The number of hydrogen-bond donors (Lipinski definition) is 0. The zero-order valence-corrected chi connectivity index (χ0v) is 19.1. The fraction of sp³-hybridized carbons (Fsp3) is 0.0667. The smallest absolute Gasteiger partial charge is 0 e. The summed E-state index contributed by atoms with van der Waals surface area (Å²) in [7, 11) is -10.7. The van der Waals surface area contributed by atoms with E-state index >= 15 is 0 Å². The van der Waals surface area contributed by atoms with Crippen LogP contribution in [0.15, 0.2) is 0 Å². The first-order valence-corrected chi connectivity index (χ1v) is 9.31. The number of rotatable bonds is 0. The molecule has 0 aromatic rings. The van der Waals surface area contributed by atoms with Gasteiger partial charge >= 0.3 is 100 Å². The van der Waals surface area contributed by atoms with Gasteiger partial charge in [0.2, 0.25) is 0 Å². The van der Waals surface area contributed by atoms with E-state index in [9.17, 15) is 25.2 Å². The second-order valence-corrected chi connectivity index (χ2v) is 4.80. The van der Waals surface area contributed by atoms with Crippen LogP contribution in [-0.4, -0.2) is 16.0 Å². The van der Waals surface area contributed by atoms with Gasteiger partial charge in [-0.15, -0.1) is 0 Å². The summed E-state index contributed by atoms with van der Waals surface area (Å²) >= 11 is 2.62. The molecule has 0 atom stereocenters. The Morgan fingerprint density at radius 2 is 0.483 bits per heavy atom. The molecule has 0 spiro atoms. The molecule has 0 saturated heterocycles. The van der Waals surface area contributed by atoms with E-state index in [1.165, 1.54) is 0 Å². The Bertz CT molecular complexity index is 307. The van der Waals surface area contributed by atoms with Crippen LogP contribution in [0, 0.1) is 90.8 Å². The molecule has 2 saturated carbocycles. The molecule has 2 aliphatic carbocycles. The van der Waals surface area contributed by atoms with Crippen molar-refractivity contribution in [2.45, 2.75) is 5.82 Å². The van der Waals surface area contributed by atoms with Crippen LogP contribution in [0.25, 0.3) is 0 Å². The van der Waals surface area contributed by atoms with Crippen molar-refractivity contribution in [1.29, 1.82) is 0 Å². The van der Waals surface area contributed by atoms with Crippen molar-refractivity contribution >= 4 is 23.8 Å². The Labute approximate surface area is 198 Å². The summed E-state index contributed by atoms with van der Waals surface area (Å²) in [4.78, 5) is 0. The summed E-state index contributed by atoms with van der Waals surface area (Å²) in [5.41, 5.74) is 0. The predicted octanol–water partition coefficient (Wildman–Crippen LogP) is 5.47. The molecular weight excluding hydrogens is 580 g/mol. The molecule has 0 aromatic carbocycles. The van der Waals surface area contributed by atoms with Crippen molar-refractivity contribution < 1.29 is 77.9 Å². The summed E-state index contributed by atoms with van der Waals surface area (Å²) < 4.78 is 89.2. The van der Waals surface area contributed by atoms with Crippen molar-refractivity contribution in [2.24, 2.45) is 0 Å². The molecule has 0 heterocycles. The van der Waals surface area contributed by atoms with E-state index in [4.69, 9.17) is 18.6 Å². The summed E-state index contributed by atoms with van der Waals surface area (Å²) in [5.74, 6) is 1.88. The Kier molecular flexibility index (Phi) is 59.3. The Morgan fingerprint density at radius 1 is 0.448 bits per heavy atom. The van der Waals surface area contributed by atoms with E-state index in [1.807, 2.05) is 70.0 Å². The molecule has 12 radical (unpaired) electrons. The SMILES string of the molecule is C[Se+].F[P-](F)(F)(F)(F)F.[C-]#[O+].[C-]#[O+].[C-]#[O+].[C-]#[O+].[CH]1[CH][CH][CH][CH]1.[CH]1[CH][CH][CH][CH]1.[Fe].[Fe]. The maximum Gasteiger partial charge on any atom is 0 e. The Hall–Kier alpha value is 0.528. The molecule has 2 aliphatic rings. The minimum absolute atomic E-state index is 0. The minimum atomic E-state index is -10.7. The Balaban J connectivity index is -0.0000000306. The summed E-state index contributed by atoms with van der Waals surface area (Å²) in [6.45, 7) is 18.0. The molecule has 166 valence electrons. The van der Waals surface area contributed by atoms with Crippen molar-refractivity contribution in [2.75, 3.05) is 0 Å². The van der Waals surface area contributed by atoms with Crippen LogP contribution in [-0.2, 0) is 52.7 Å². The normalized spacial score (nSPS) is 14.3. The molecule has 4 nitrogen and oxygen atoms in total. The second-order valence-electron chi connectivity index (χ2n) is 2.88. The van der Waals surface area contributed by atoms with E-state index in [0.29, 0.717) is 0 Å². The summed E-state index contributed by atoms with van der Waals surface area (Å²) in [6.07, 6.45) is 20.0. The predicted molar refractivity (Wildman–Crippen MR) is 83.9 cm³/mol. The molecule has 2 fully saturated rings. The summed E-state index contributed by atoms with van der Waals surface area (Å²) in [5, 5.41) is 0. The van der Waals surface area contributed by atoms with Crippen LogP contribution in [0.4, 0.5) is 25.2 Å². The Morgan fingerprint density at radius 3 is 0.517 bits per heavy atom. The molecule has 2 rings (SSSR count). The van der Waals surface area contributed by atoms with Gasteiger partial charge in [0, 0.05) is 34.1 Å². The molecule has 0 aromatic heterocycles. The quantitative estimate of drug-likeness (QED) is 0.118. The van der Waals surface area contributed by atoms with E-state index in [1.54, 1.807) is 0 Å². The van der Waals surface area contributed by atoms with Crippen LogP contribution in [0.3, 0.4) is 0 Å². The van der Waals surface area contributed by atoms with E-state index in [0.717, 1.165) is 0 Å². The summed E-state index contributed by atoms with van der Waals surface area (Å²) in [6, 6.07) is 0. The molecule has 29 heavy (non-hydrogen) atoms. The first kappa shape index (κ1) is 51.9. The van der Waals surface area contributed by atoms with Gasteiger partial charge in [0.25, 0.3) is 0 Å². The van der Waals surface area contributed by atoms with Crippen molar-refractivity contribution in [1.82, 2.24) is 0 Å². The van der Waals surface area contributed by atoms with Gasteiger partial charge in [-0.3, -0.25) is 0 Å². The average Bonchev–Trinajstić information content (AvgIpc) is 3.39. The largest absolute Gasteiger partial charge is 0.0312 e. The maximum absolute atomic E-state index is 10.7. The van der Waals surface area contributed by atoms with Crippen molar-refractivity contribution in [3.05, 3.63) is 90.8 Å². The third-order valence-corrected chi connectivity index (χ3v) is 1.11. The van der Waals surface area contributed by atoms with Crippen LogP contribution in [0.2, 0.25) is 5.82 Å². The third kappa shape index (κ3) is 181. The number of hydrogen-bond acceptors (Lipinski definition) is 0. The second kappa shape index (κ2) is 33.2. The minimum Gasteiger partial charge on any atom is -0.0312 e. The van der Waals surface area contributed by atoms with Crippen molar-refractivity contribution in [3.8, 4) is 0 Å². The fourth-order valence-electron chi connectivity index (χ4n) is 0.642. The van der Waals surface area contributed by atoms with Gasteiger partial charge in [-0.1, -0.05) is 0 Å².